The van der Waals surface area contributed by atoms with E-state index in [9.17, 15) is 4.79 Å². The average Bonchev–Trinajstić information content (AvgIpc) is 3.09. The number of amides is 1. The Morgan fingerprint density at radius 1 is 1.40 bits per heavy atom. The van der Waals surface area contributed by atoms with Crippen molar-refractivity contribution in [1.29, 1.82) is 0 Å². The molecule has 6 heteroatoms. The summed E-state index contributed by atoms with van der Waals surface area (Å²) in [6.45, 7) is 4.69. The van der Waals surface area contributed by atoms with Gasteiger partial charge < -0.3 is 15.2 Å². The Morgan fingerprint density at radius 3 is 3.12 bits per heavy atom. The zero-order valence-corrected chi connectivity index (χ0v) is 15.8. The van der Waals surface area contributed by atoms with Crippen LogP contribution in [0.5, 0.6) is 0 Å². The van der Waals surface area contributed by atoms with Crippen LogP contribution < -0.4 is 10.2 Å². The highest BCUT2D eigenvalue weighted by atomic mass is 32.2. The molecule has 1 saturated heterocycles. The summed E-state index contributed by atoms with van der Waals surface area (Å²) in [5.41, 5.74) is 2.03. The second-order valence-corrected chi connectivity index (χ2v) is 7.84. The molecule has 25 heavy (non-hydrogen) atoms. The van der Waals surface area contributed by atoms with Crippen LogP contribution in [-0.2, 0) is 4.79 Å². The predicted molar refractivity (Wildman–Crippen MR) is 106 cm³/mol. The van der Waals surface area contributed by atoms with Crippen LogP contribution in [-0.4, -0.2) is 47.0 Å². The number of aromatic amines is 1. The monoisotopic (exact) mass is 360 g/mol. The number of nitrogens with one attached hydrogen (secondary N) is 2. The van der Waals surface area contributed by atoms with Crippen molar-refractivity contribution in [3.8, 4) is 0 Å². The molecule has 1 atom stereocenters. The topological polar surface area (TPSA) is 61.0 Å². The number of carbonyl (C=O) groups is 1. The fraction of sp³-hybridized carbons (Fsp3) is 0.579. The van der Waals surface area contributed by atoms with Crippen LogP contribution in [0, 0.1) is 5.92 Å². The number of para-hydroxylation sites is 2. The molecule has 1 aromatic heterocycles. The normalized spacial score (nSPS) is 17.8. The first-order chi connectivity index (χ1) is 12.3. The summed E-state index contributed by atoms with van der Waals surface area (Å²) in [5.74, 6) is 3.48. The number of rotatable bonds is 8. The zero-order chi connectivity index (χ0) is 17.5. The number of H-pyrrole nitrogens is 1. The van der Waals surface area contributed by atoms with Crippen LogP contribution in [0.25, 0.3) is 11.0 Å². The molecule has 5 nitrogen and oxygen atoms in total. The molecule has 1 aliphatic heterocycles. The van der Waals surface area contributed by atoms with Gasteiger partial charge in [0.25, 0.3) is 0 Å². The van der Waals surface area contributed by atoms with Crippen molar-refractivity contribution >= 4 is 34.7 Å². The molecule has 0 unspecified atom stereocenters. The molecular weight excluding hydrogens is 332 g/mol. The third kappa shape index (κ3) is 4.91. The van der Waals surface area contributed by atoms with E-state index in [4.69, 9.17) is 0 Å². The molecule has 0 saturated carbocycles. The first-order valence-corrected chi connectivity index (χ1v) is 10.5. The number of hydrogen-bond acceptors (Lipinski definition) is 4. The summed E-state index contributed by atoms with van der Waals surface area (Å²) in [7, 11) is 0. The van der Waals surface area contributed by atoms with Gasteiger partial charge in [-0.1, -0.05) is 19.1 Å². The van der Waals surface area contributed by atoms with Gasteiger partial charge in [-0.15, -0.1) is 0 Å². The number of nitrogens with zero attached hydrogens (tertiary/aromatic N) is 2. The summed E-state index contributed by atoms with van der Waals surface area (Å²) in [5, 5.41) is 3.12. The lowest BCUT2D eigenvalue weighted by atomic mass is 9.97. The fourth-order valence-electron chi connectivity index (χ4n) is 3.25. The summed E-state index contributed by atoms with van der Waals surface area (Å²) in [6, 6.07) is 8.06. The highest BCUT2D eigenvalue weighted by Crippen LogP contribution is 2.23. The maximum atomic E-state index is 12.5. The van der Waals surface area contributed by atoms with Crippen LogP contribution in [0.1, 0.15) is 32.6 Å². The highest BCUT2D eigenvalue weighted by Gasteiger charge is 2.27. The van der Waals surface area contributed by atoms with Gasteiger partial charge in [-0.25, -0.2) is 4.98 Å². The molecule has 1 amide bonds. The maximum Gasteiger partial charge on any atom is 0.224 e. The molecule has 1 fully saturated rings. The van der Waals surface area contributed by atoms with Gasteiger partial charge in [-0.05, 0) is 49.3 Å². The van der Waals surface area contributed by atoms with Crippen molar-refractivity contribution < 1.29 is 4.79 Å². The maximum absolute atomic E-state index is 12.5. The summed E-state index contributed by atoms with van der Waals surface area (Å²) in [4.78, 5) is 22.7. The molecule has 0 bridgehead atoms. The third-order valence-corrected chi connectivity index (χ3v) is 5.86. The van der Waals surface area contributed by atoms with Crippen LogP contribution >= 0.6 is 11.8 Å². The molecule has 0 spiro atoms. The Bertz CT molecular complexity index is 654. The lowest BCUT2D eigenvalue weighted by molar-refractivity contribution is -0.125. The van der Waals surface area contributed by atoms with E-state index >= 15 is 0 Å². The van der Waals surface area contributed by atoms with E-state index in [2.05, 4.69) is 27.1 Å². The van der Waals surface area contributed by atoms with Gasteiger partial charge in [0.1, 0.15) is 0 Å². The average molecular weight is 361 g/mol. The minimum absolute atomic E-state index is 0.0604. The Labute approximate surface area is 154 Å². The molecule has 2 heterocycles. The third-order valence-electron chi connectivity index (χ3n) is 4.58. The van der Waals surface area contributed by atoms with Gasteiger partial charge >= 0.3 is 0 Å². The number of benzene rings is 1. The minimum atomic E-state index is 0.0604. The number of aromatic nitrogens is 2. The molecular formula is C19H28N4OS. The van der Waals surface area contributed by atoms with E-state index in [1.54, 1.807) is 0 Å². The number of hydrogen-bond donors (Lipinski definition) is 2. The van der Waals surface area contributed by atoms with E-state index in [1.807, 2.05) is 36.0 Å². The lowest BCUT2D eigenvalue weighted by Crippen LogP contribution is -2.43. The number of piperidine rings is 1. The predicted octanol–water partition coefficient (Wildman–Crippen LogP) is 3.43. The van der Waals surface area contributed by atoms with Crippen LogP contribution in [0.4, 0.5) is 5.95 Å². The molecule has 2 N–H and O–H groups in total. The first-order valence-electron chi connectivity index (χ1n) is 9.33. The van der Waals surface area contributed by atoms with Gasteiger partial charge in [0, 0.05) is 19.6 Å². The molecule has 2 aromatic rings. The Hall–Kier alpha value is -1.69. The molecule has 3 rings (SSSR count). The number of thioether (sulfide) groups is 1. The summed E-state index contributed by atoms with van der Waals surface area (Å²) in [6.07, 6.45) is 4.27. The largest absolute Gasteiger partial charge is 0.356 e. The van der Waals surface area contributed by atoms with Crippen molar-refractivity contribution in [2.75, 3.05) is 36.0 Å². The van der Waals surface area contributed by atoms with Gasteiger partial charge in [-0.3, -0.25) is 4.79 Å². The van der Waals surface area contributed by atoms with E-state index in [0.717, 1.165) is 61.6 Å². The Kier molecular flexibility index (Phi) is 6.62. The Balaban J connectivity index is 1.49. The van der Waals surface area contributed by atoms with Crippen LogP contribution in [0.15, 0.2) is 24.3 Å². The quantitative estimate of drug-likeness (QED) is 0.708. The van der Waals surface area contributed by atoms with E-state index in [1.165, 1.54) is 12.2 Å². The van der Waals surface area contributed by atoms with Crippen molar-refractivity contribution in [3.05, 3.63) is 24.3 Å². The molecule has 0 radical (unpaired) electrons. The van der Waals surface area contributed by atoms with Crippen molar-refractivity contribution in [1.82, 2.24) is 15.3 Å². The minimum Gasteiger partial charge on any atom is -0.356 e. The zero-order valence-electron chi connectivity index (χ0n) is 15.0. The second kappa shape index (κ2) is 9.13. The number of fused-ring (bicyclic) bond motifs is 1. The molecule has 1 aliphatic rings. The van der Waals surface area contributed by atoms with Gasteiger partial charge in [0.05, 0.1) is 17.0 Å². The number of carbonyl (C=O) groups excluding carboxylic acids is 1. The summed E-state index contributed by atoms with van der Waals surface area (Å²) < 4.78 is 0. The smallest absolute Gasteiger partial charge is 0.224 e. The Morgan fingerprint density at radius 2 is 2.28 bits per heavy atom. The van der Waals surface area contributed by atoms with E-state index < -0.39 is 0 Å². The van der Waals surface area contributed by atoms with E-state index in [-0.39, 0.29) is 11.8 Å². The van der Waals surface area contributed by atoms with Crippen molar-refractivity contribution in [3.63, 3.8) is 0 Å². The van der Waals surface area contributed by atoms with Gasteiger partial charge in [0.15, 0.2) is 0 Å². The van der Waals surface area contributed by atoms with Crippen LogP contribution in [0.3, 0.4) is 0 Å². The highest BCUT2D eigenvalue weighted by molar-refractivity contribution is 7.99. The SMILES string of the molecule is CCCSCCCNC(=O)[C@H]1CCCN(c2nc3ccccc3[nH]2)C1. The lowest BCUT2D eigenvalue weighted by Gasteiger charge is -2.31. The fourth-order valence-corrected chi connectivity index (χ4v) is 4.09. The van der Waals surface area contributed by atoms with Crippen LogP contribution in [0.2, 0.25) is 0 Å². The van der Waals surface area contributed by atoms with Gasteiger partial charge in [0.2, 0.25) is 11.9 Å². The van der Waals surface area contributed by atoms with Crippen molar-refractivity contribution in [2.24, 2.45) is 5.92 Å². The van der Waals surface area contributed by atoms with Gasteiger partial charge in [-0.2, -0.15) is 11.8 Å². The standard InChI is InChI=1S/C19H28N4OS/c1-2-12-25-13-6-10-20-18(24)15-7-5-11-23(14-15)19-21-16-8-3-4-9-17(16)22-19/h3-4,8-9,15H,2,5-7,10-14H2,1H3,(H,20,24)(H,21,22)/t15-/m0/s1. The summed E-state index contributed by atoms with van der Waals surface area (Å²) >= 11 is 1.97. The molecule has 136 valence electrons. The number of imidazole rings is 1. The van der Waals surface area contributed by atoms with Crippen molar-refractivity contribution in [2.45, 2.75) is 32.6 Å². The molecule has 0 aliphatic carbocycles. The molecule has 1 aromatic carbocycles. The van der Waals surface area contributed by atoms with E-state index in [0.29, 0.717) is 0 Å². The first kappa shape index (κ1) is 18.1. The second-order valence-electron chi connectivity index (χ2n) is 6.62. The number of anilines is 1.